The van der Waals surface area contributed by atoms with Crippen LogP contribution in [0.4, 0.5) is 0 Å². The van der Waals surface area contributed by atoms with Crippen LogP contribution in [0.25, 0.3) is 0 Å². The van der Waals surface area contributed by atoms with E-state index in [0.717, 1.165) is 42.9 Å². The molecule has 0 aliphatic carbocycles. The van der Waals surface area contributed by atoms with Gasteiger partial charge in [0.05, 0.1) is 12.2 Å². The van der Waals surface area contributed by atoms with E-state index in [-0.39, 0.29) is 5.91 Å². The summed E-state index contributed by atoms with van der Waals surface area (Å²) in [7, 11) is 1.98. The first-order chi connectivity index (χ1) is 11.5. The summed E-state index contributed by atoms with van der Waals surface area (Å²) in [6.07, 6.45) is 4.09. The fraction of sp³-hybridized carbons (Fsp3) is 0.588. The minimum absolute atomic E-state index is 0.0423. The molecule has 0 bridgehead atoms. The highest BCUT2D eigenvalue weighted by molar-refractivity contribution is 5.78. The van der Waals surface area contributed by atoms with E-state index in [1.807, 2.05) is 31.8 Å². The average molecular weight is 331 g/mol. The average Bonchev–Trinajstić information content (AvgIpc) is 3.12. The van der Waals surface area contributed by atoms with Gasteiger partial charge in [0.2, 0.25) is 5.91 Å². The van der Waals surface area contributed by atoms with Gasteiger partial charge in [0.1, 0.15) is 5.76 Å². The number of rotatable bonds is 5. The summed E-state index contributed by atoms with van der Waals surface area (Å²) in [6.45, 7) is 6.52. The SMILES string of the molecule is Cc1noc(C)c1CNC(=O)CN1CCCC(c2ccnn2C)C1. The molecule has 3 rings (SSSR count). The fourth-order valence-electron chi connectivity index (χ4n) is 3.43. The van der Waals surface area contributed by atoms with Crippen molar-refractivity contribution in [2.24, 2.45) is 7.05 Å². The maximum Gasteiger partial charge on any atom is 0.234 e. The summed E-state index contributed by atoms with van der Waals surface area (Å²) < 4.78 is 7.06. The van der Waals surface area contributed by atoms with Crippen LogP contribution in [0.1, 0.15) is 41.5 Å². The molecule has 0 saturated carbocycles. The Morgan fingerprint density at radius 2 is 2.29 bits per heavy atom. The summed E-state index contributed by atoms with van der Waals surface area (Å²) in [6, 6.07) is 2.08. The molecule has 1 amide bonds. The second-order valence-electron chi connectivity index (χ2n) is 6.53. The summed E-state index contributed by atoms with van der Waals surface area (Å²) in [5.41, 5.74) is 3.05. The molecule has 7 nitrogen and oxygen atoms in total. The van der Waals surface area contributed by atoms with Crippen LogP contribution >= 0.6 is 0 Å². The van der Waals surface area contributed by atoms with Gasteiger partial charge >= 0.3 is 0 Å². The molecule has 1 aliphatic rings. The molecule has 2 aromatic rings. The number of hydrogen-bond acceptors (Lipinski definition) is 5. The standard InChI is InChI=1S/C17H25N5O2/c1-12-15(13(2)24-20-12)9-18-17(23)11-22-8-4-5-14(10-22)16-6-7-19-21(16)3/h6-7,14H,4-5,8-11H2,1-3H3,(H,18,23). The molecule has 0 radical (unpaired) electrons. The highest BCUT2D eigenvalue weighted by Gasteiger charge is 2.24. The summed E-state index contributed by atoms with van der Waals surface area (Å²) in [5.74, 6) is 1.25. The van der Waals surface area contributed by atoms with Crippen molar-refractivity contribution in [2.45, 2.75) is 39.2 Å². The van der Waals surface area contributed by atoms with Crippen molar-refractivity contribution < 1.29 is 9.32 Å². The van der Waals surface area contributed by atoms with Crippen molar-refractivity contribution in [1.82, 2.24) is 25.2 Å². The van der Waals surface area contributed by atoms with Crippen LogP contribution in [0.5, 0.6) is 0 Å². The second-order valence-corrected chi connectivity index (χ2v) is 6.53. The van der Waals surface area contributed by atoms with E-state index in [0.29, 0.717) is 19.0 Å². The Balaban J connectivity index is 1.52. The lowest BCUT2D eigenvalue weighted by molar-refractivity contribution is -0.122. The highest BCUT2D eigenvalue weighted by atomic mass is 16.5. The molecular formula is C17H25N5O2. The van der Waals surface area contributed by atoms with Crippen molar-refractivity contribution in [3.63, 3.8) is 0 Å². The smallest absolute Gasteiger partial charge is 0.234 e. The first-order valence-corrected chi connectivity index (χ1v) is 8.43. The normalized spacial score (nSPS) is 18.7. The van der Waals surface area contributed by atoms with Crippen LogP contribution in [0.15, 0.2) is 16.8 Å². The van der Waals surface area contributed by atoms with Gasteiger partial charge in [-0.05, 0) is 39.3 Å². The minimum Gasteiger partial charge on any atom is -0.361 e. The van der Waals surface area contributed by atoms with Gasteiger partial charge in [-0.3, -0.25) is 14.4 Å². The van der Waals surface area contributed by atoms with Gasteiger partial charge in [-0.15, -0.1) is 0 Å². The monoisotopic (exact) mass is 331 g/mol. The van der Waals surface area contributed by atoms with Crippen LogP contribution in [0.2, 0.25) is 0 Å². The van der Waals surface area contributed by atoms with E-state index < -0.39 is 0 Å². The number of likely N-dealkylation sites (tertiary alicyclic amines) is 1. The molecule has 2 aromatic heterocycles. The van der Waals surface area contributed by atoms with Crippen molar-refractivity contribution >= 4 is 5.91 Å². The van der Waals surface area contributed by atoms with Gasteiger partial charge in [0, 0.05) is 43.5 Å². The zero-order valence-electron chi connectivity index (χ0n) is 14.6. The number of nitrogens with zero attached hydrogens (tertiary/aromatic N) is 4. The van der Waals surface area contributed by atoms with Gasteiger partial charge in [0.25, 0.3) is 0 Å². The molecule has 1 atom stereocenters. The first kappa shape index (κ1) is 16.7. The number of aryl methyl sites for hydroxylation is 3. The van der Waals surface area contributed by atoms with Gasteiger partial charge in [-0.25, -0.2) is 0 Å². The Hall–Kier alpha value is -2.15. The van der Waals surface area contributed by atoms with E-state index in [1.54, 1.807) is 0 Å². The number of amides is 1. The lowest BCUT2D eigenvalue weighted by atomic mass is 9.94. The fourth-order valence-corrected chi connectivity index (χ4v) is 3.43. The van der Waals surface area contributed by atoms with E-state index in [4.69, 9.17) is 4.52 Å². The summed E-state index contributed by atoms with van der Waals surface area (Å²) in [4.78, 5) is 14.5. The quantitative estimate of drug-likeness (QED) is 0.899. The lowest BCUT2D eigenvalue weighted by Gasteiger charge is -2.32. The number of nitrogens with one attached hydrogen (secondary N) is 1. The molecule has 7 heteroatoms. The Bertz CT molecular complexity index is 686. The Labute approximate surface area is 142 Å². The van der Waals surface area contributed by atoms with Gasteiger partial charge in [-0.2, -0.15) is 5.10 Å². The van der Waals surface area contributed by atoms with E-state index in [2.05, 4.69) is 26.5 Å². The van der Waals surface area contributed by atoms with Crippen LogP contribution in [0, 0.1) is 13.8 Å². The third-order valence-electron chi connectivity index (χ3n) is 4.79. The maximum atomic E-state index is 12.3. The van der Waals surface area contributed by atoms with Gasteiger partial charge in [0.15, 0.2) is 0 Å². The maximum absolute atomic E-state index is 12.3. The molecule has 24 heavy (non-hydrogen) atoms. The van der Waals surface area contributed by atoms with Gasteiger partial charge < -0.3 is 9.84 Å². The predicted octanol–water partition coefficient (Wildman–Crippen LogP) is 1.52. The topological polar surface area (TPSA) is 76.2 Å². The van der Waals surface area contributed by atoms with Crippen molar-refractivity contribution in [1.29, 1.82) is 0 Å². The van der Waals surface area contributed by atoms with Crippen molar-refractivity contribution in [3.05, 3.63) is 35.0 Å². The molecule has 0 spiro atoms. The third kappa shape index (κ3) is 3.67. The highest BCUT2D eigenvalue weighted by Crippen LogP contribution is 2.26. The first-order valence-electron chi connectivity index (χ1n) is 8.43. The molecular weight excluding hydrogens is 306 g/mol. The molecule has 1 unspecified atom stereocenters. The third-order valence-corrected chi connectivity index (χ3v) is 4.79. The minimum atomic E-state index is 0.0423. The van der Waals surface area contributed by atoms with Crippen molar-refractivity contribution in [2.75, 3.05) is 19.6 Å². The molecule has 130 valence electrons. The molecule has 1 aliphatic heterocycles. The molecule has 3 heterocycles. The van der Waals surface area contributed by atoms with E-state index in [9.17, 15) is 4.79 Å². The van der Waals surface area contributed by atoms with Gasteiger partial charge in [-0.1, -0.05) is 5.16 Å². The number of hydrogen-bond donors (Lipinski definition) is 1. The lowest BCUT2D eigenvalue weighted by Crippen LogP contribution is -2.42. The Morgan fingerprint density at radius 1 is 1.46 bits per heavy atom. The molecule has 0 aromatic carbocycles. The Kier molecular flexibility index (Phi) is 4.99. The van der Waals surface area contributed by atoms with E-state index in [1.165, 1.54) is 5.69 Å². The van der Waals surface area contributed by atoms with Crippen LogP contribution in [-0.2, 0) is 18.4 Å². The molecule has 1 saturated heterocycles. The Morgan fingerprint density at radius 3 is 2.96 bits per heavy atom. The van der Waals surface area contributed by atoms with Crippen LogP contribution in [-0.4, -0.2) is 45.4 Å². The molecule has 1 fully saturated rings. The number of piperidine rings is 1. The summed E-state index contributed by atoms with van der Waals surface area (Å²) in [5, 5.41) is 11.1. The predicted molar refractivity (Wildman–Crippen MR) is 89.4 cm³/mol. The number of carbonyl (C=O) groups excluding carboxylic acids is 1. The van der Waals surface area contributed by atoms with E-state index >= 15 is 0 Å². The van der Waals surface area contributed by atoms with Crippen molar-refractivity contribution in [3.8, 4) is 0 Å². The summed E-state index contributed by atoms with van der Waals surface area (Å²) >= 11 is 0. The zero-order chi connectivity index (χ0) is 17.1. The molecule has 1 N–H and O–H groups in total. The number of carbonyl (C=O) groups is 1. The second kappa shape index (κ2) is 7.17. The van der Waals surface area contributed by atoms with Crippen LogP contribution < -0.4 is 5.32 Å². The zero-order valence-corrected chi connectivity index (χ0v) is 14.6. The largest absolute Gasteiger partial charge is 0.361 e. The number of aromatic nitrogens is 3. The van der Waals surface area contributed by atoms with Crippen LogP contribution in [0.3, 0.4) is 0 Å².